The van der Waals surface area contributed by atoms with E-state index in [0.29, 0.717) is 13.3 Å². The number of rotatable bonds is 0. The zero-order valence-corrected chi connectivity index (χ0v) is 7.16. The molecule has 2 heterocycles. The summed E-state index contributed by atoms with van der Waals surface area (Å²) < 4.78 is 5.28. The largest absolute Gasteiger partial charge is 0.362 e. The van der Waals surface area contributed by atoms with Crippen molar-refractivity contribution < 1.29 is 4.74 Å². The summed E-state index contributed by atoms with van der Waals surface area (Å²) in [4.78, 5) is 4.42. The molecule has 66 valence electrons. The van der Waals surface area contributed by atoms with Crippen LogP contribution < -0.4 is 5.32 Å². The summed E-state index contributed by atoms with van der Waals surface area (Å²) in [6.45, 7) is 1.28. The van der Waals surface area contributed by atoms with Crippen molar-refractivity contribution in [2.75, 3.05) is 13.3 Å². The highest BCUT2D eigenvalue weighted by Crippen LogP contribution is 2.28. The number of nitrogens with one attached hydrogen (secondary N) is 1. The Balaban J connectivity index is 2.07. The van der Waals surface area contributed by atoms with E-state index < -0.39 is 0 Å². The van der Waals surface area contributed by atoms with Gasteiger partial charge in [-0.15, -0.1) is 0 Å². The molecule has 0 bridgehead atoms. The number of fused-ring (bicyclic) bond motifs is 2. The maximum atomic E-state index is 5.28. The normalized spacial score (nSPS) is 29.5. The number of aliphatic imine (C=N–C) groups is 1. The van der Waals surface area contributed by atoms with Gasteiger partial charge in [-0.25, -0.2) is 0 Å². The molecule has 3 rings (SSSR count). The molecule has 0 saturated heterocycles. The fourth-order valence-corrected chi connectivity index (χ4v) is 1.86. The lowest BCUT2D eigenvalue weighted by molar-refractivity contribution is 0.133. The minimum absolute atomic E-state index is 0.240. The van der Waals surface area contributed by atoms with Crippen molar-refractivity contribution in [2.24, 2.45) is 4.99 Å². The Kier molecular flexibility index (Phi) is 1.40. The van der Waals surface area contributed by atoms with Crippen LogP contribution >= 0.6 is 0 Å². The zero-order chi connectivity index (χ0) is 8.67. The van der Waals surface area contributed by atoms with Crippen LogP contribution in [0.1, 0.15) is 0 Å². The lowest BCUT2D eigenvalue weighted by atomic mass is 10.00. The number of allylic oxidation sites excluding steroid dienone is 2. The van der Waals surface area contributed by atoms with E-state index in [0.717, 1.165) is 5.57 Å². The van der Waals surface area contributed by atoms with Gasteiger partial charge in [0.15, 0.2) is 0 Å². The SMILES string of the molecule is C1=CC2N=CC3=C(NCOC3)C2=C1. The first-order valence-electron chi connectivity index (χ1n) is 4.42. The molecule has 3 nitrogen and oxygen atoms in total. The standard InChI is InChI=1S/C10H10N2O/c1-2-8-9(3-1)11-4-7-5-13-6-12-10(7)8/h1-4,9,12H,5-6H2. The number of hydrogen-bond acceptors (Lipinski definition) is 3. The van der Waals surface area contributed by atoms with Gasteiger partial charge in [0.05, 0.1) is 12.6 Å². The van der Waals surface area contributed by atoms with Crippen molar-refractivity contribution in [1.29, 1.82) is 0 Å². The topological polar surface area (TPSA) is 33.6 Å². The van der Waals surface area contributed by atoms with Gasteiger partial charge in [0.25, 0.3) is 0 Å². The summed E-state index contributed by atoms with van der Waals surface area (Å²) in [5.41, 5.74) is 3.66. The second kappa shape index (κ2) is 2.57. The van der Waals surface area contributed by atoms with E-state index in [1.165, 1.54) is 11.3 Å². The first-order valence-corrected chi connectivity index (χ1v) is 4.42. The van der Waals surface area contributed by atoms with Crippen molar-refractivity contribution >= 4 is 6.21 Å². The summed E-state index contributed by atoms with van der Waals surface area (Å²) in [6.07, 6.45) is 8.20. The van der Waals surface area contributed by atoms with Gasteiger partial charge in [-0.1, -0.05) is 18.2 Å². The van der Waals surface area contributed by atoms with Gasteiger partial charge in [0.1, 0.15) is 6.73 Å². The van der Waals surface area contributed by atoms with E-state index >= 15 is 0 Å². The van der Waals surface area contributed by atoms with Crippen LogP contribution in [0.2, 0.25) is 0 Å². The van der Waals surface area contributed by atoms with Gasteiger partial charge in [-0.3, -0.25) is 4.99 Å². The zero-order valence-electron chi connectivity index (χ0n) is 7.16. The highest BCUT2D eigenvalue weighted by molar-refractivity contribution is 5.84. The van der Waals surface area contributed by atoms with E-state index in [4.69, 9.17) is 4.74 Å². The molecule has 0 aromatic carbocycles. The van der Waals surface area contributed by atoms with E-state index in [2.05, 4.69) is 28.5 Å². The fraction of sp³-hybridized carbons (Fsp3) is 0.300. The quantitative estimate of drug-likeness (QED) is 0.588. The molecule has 13 heavy (non-hydrogen) atoms. The van der Waals surface area contributed by atoms with Crippen LogP contribution in [0.25, 0.3) is 0 Å². The van der Waals surface area contributed by atoms with E-state index in [1.807, 2.05) is 6.21 Å². The van der Waals surface area contributed by atoms with Crippen molar-refractivity contribution in [3.05, 3.63) is 35.1 Å². The van der Waals surface area contributed by atoms with E-state index in [1.54, 1.807) is 0 Å². The molecule has 2 aliphatic heterocycles. The molecule has 1 atom stereocenters. The van der Waals surface area contributed by atoms with Crippen molar-refractivity contribution in [3.8, 4) is 0 Å². The monoisotopic (exact) mass is 174 g/mol. The van der Waals surface area contributed by atoms with E-state index in [9.17, 15) is 0 Å². The van der Waals surface area contributed by atoms with Crippen molar-refractivity contribution in [1.82, 2.24) is 5.32 Å². The first-order chi connectivity index (χ1) is 6.45. The number of nitrogens with zero attached hydrogens (tertiary/aromatic N) is 1. The Morgan fingerprint density at radius 3 is 3.54 bits per heavy atom. The Morgan fingerprint density at radius 2 is 2.54 bits per heavy atom. The minimum atomic E-state index is 0.240. The Morgan fingerprint density at radius 1 is 1.54 bits per heavy atom. The van der Waals surface area contributed by atoms with Crippen molar-refractivity contribution in [2.45, 2.75) is 6.04 Å². The third-order valence-electron chi connectivity index (χ3n) is 2.50. The second-order valence-corrected chi connectivity index (χ2v) is 3.30. The number of ether oxygens (including phenoxy) is 1. The Hall–Kier alpha value is -1.35. The molecule has 1 N–H and O–H groups in total. The molecule has 1 aliphatic carbocycles. The maximum Gasteiger partial charge on any atom is 0.116 e. The van der Waals surface area contributed by atoms with Gasteiger partial charge in [0, 0.05) is 23.1 Å². The van der Waals surface area contributed by atoms with Gasteiger partial charge < -0.3 is 10.1 Å². The van der Waals surface area contributed by atoms with E-state index in [-0.39, 0.29) is 6.04 Å². The van der Waals surface area contributed by atoms with Gasteiger partial charge in [-0.2, -0.15) is 0 Å². The number of dihydropyridines is 1. The van der Waals surface area contributed by atoms with Crippen LogP contribution in [0.3, 0.4) is 0 Å². The summed E-state index contributed by atoms with van der Waals surface area (Å²) in [6, 6.07) is 0.240. The minimum Gasteiger partial charge on any atom is -0.362 e. The molecule has 0 fully saturated rings. The Bertz CT molecular complexity index is 363. The van der Waals surface area contributed by atoms with Crippen LogP contribution in [-0.2, 0) is 4.74 Å². The molecule has 0 spiro atoms. The van der Waals surface area contributed by atoms with Gasteiger partial charge >= 0.3 is 0 Å². The smallest absolute Gasteiger partial charge is 0.116 e. The van der Waals surface area contributed by atoms with Crippen LogP contribution in [0.4, 0.5) is 0 Å². The predicted molar refractivity (Wildman–Crippen MR) is 50.5 cm³/mol. The molecular formula is C10H10N2O. The second-order valence-electron chi connectivity index (χ2n) is 3.30. The lowest BCUT2D eigenvalue weighted by Crippen LogP contribution is -2.32. The molecule has 0 radical (unpaired) electrons. The fourth-order valence-electron chi connectivity index (χ4n) is 1.86. The molecule has 3 aliphatic rings. The summed E-state index contributed by atoms with van der Waals surface area (Å²) in [7, 11) is 0. The average molecular weight is 174 g/mol. The number of hydrogen-bond donors (Lipinski definition) is 1. The Labute approximate surface area is 76.5 Å². The molecule has 0 amide bonds. The van der Waals surface area contributed by atoms with Crippen LogP contribution in [0.15, 0.2) is 40.1 Å². The van der Waals surface area contributed by atoms with Crippen LogP contribution in [-0.4, -0.2) is 25.6 Å². The van der Waals surface area contributed by atoms with Crippen molar-refractivity contribution in [3.63, 3.8) is 0 Å². The highest BCUT2D eigenvalue weighted by atomic mass is 16.5. The van der Waals surface area contributed by atoms with Gasteiger partial charge in [0.2, 0.25) is 0 Å². The first kappa shape index (κ1) is 7.09. The molecular weight excluding hydrogens is 164 g/mol. The molecule has 0 aromatic rings. The summed E-state index contributed by atoms with van der Waals surface area (Å²) in [5.74, 6) is 0. The summed E-state index contributed by atoms with van der Waals surface area (Å²) in [5, 5.41) is 3.25. The summed E-state index contributed by atoms with van der Waals surface area (Å²) >= 11 is 0. The molecule has 0 saturated carbocycles. The van der Waals surface area contributed by atoms with Crippen LogP contribution in [0.5, 0.6) is 0 Å². The molecule has 0 aromatic heterocycles. The highest BCUT2D eigenvalue weighted by Gasteiger charge is 2.25. The molecule has 3 heteroatoms. The average Bonchev–Trinajstić information content (AvgIpc) is 2.65. The molecule has 1 unspecified atom stereocenters. The predicted octanol–water partition coefficient (Wildman–Crippen LogP) is 0.767. The van der Waals surface area contributed by atoms with Gasteiger partial charge in [-0.05, 0) is 0 Å². The maximum absolute atomic E-state index is 5.28. The van der Waals surface area contributed by atoms with Crippen LogP contribution in [0, 0.1) is 0 Å². The third kappa shape index (κ3) is 0.971. The lowest BCUT2D eigenvalue weighted by Gasteiger charge is -2.26. The third-order valence-corrected chi connectivity index (χ3v) is 2.50.